The predicted octanol–water partition coefficient (Wildman–Crippen LogP) is 4.76. The van der Waals surface area contributed by atoms with Crippen molar-refractivity contribution in [2.24, 2.45) is 0 Å². The molecule has 0 saturated carbocycles. The number of fused-ring (bicyclic) bond motifs is 1. The molecule has 7 rings (SSSR count). The van der Waals surface area contributed by atoms with Crippen molar-refractivity contribution in [1.29, 1.82) is 0 Å². The summed E-state index contributed by atoms with van der Waals surface area (Å²) in [7, 11) is 0. The van der Waals surface area contributed by atoms with E-state index in [0.29, 0.717) is 66.4 Å². The molecule has 2 aromatic carbocycles. The van der Waals surface area contributed by atoms with Crippen LogP contribution in [0.5, 0.6) is 11.5 Å². The molecule has 2 aromatic heterocycles. The lowest BCUT2D eigenvalue weighted by atomic mass is 9.95. The Hall–Kier alpha value is -4.29. The number of hydrogen-bond donors (Lipinski definition) is 1. The minimum absolute atomic E-state index is 0.256. The third kappa shape index (κ3) is 5.91. The average molecular weight is 615 g/mol. The van der Waals surface area contributed by atoms with E-state index in [9.17, 15) is 4.79 Å². The van der Waals surface area contributed by atoms with Crippen LogP contribution in [-0.4, -0.2) is 104 Å². The van der Waals surface area contributed by atoms with Gasteiger partial charge in [0, 0.05) is 56.9 Å². The number of hydrogen-bond acceptors (Lipinski definition) is 9. The van der Waals surface area contributed by atoms with Gasteiger partial charge in [0.15, 0.2) is 5.65 Å². The summed E-state index contributed by atoms with van der Waals surface area (Å²) in [5, 5.41) is 5.52. The maximum atomic E-state index is 15.9. The van der Waals surface area contributed by atoms with Crippen molar-refractivity contribution in [1.82, 2.24) is 34.4 Å². The van der Waals surface area contributed by atoms with Gasteiger partial charge in [-0.25, -0.2) is 23.8 Å². The lowest BCUT2D eigenvalue weighted by Gasteiger charge is -2.54. The van der Waals surface area contributed by atoms with Gasteiger partial charge in [-0.15, -0.1) is 0 Å². The third-order valence-electron chi connectivity index (χ3n) is 8.91. The van der Waals surface area contributed by atoms with Gasteiger partial charge in [-0.3, -0.25) is 9.80 Å². The molecule has 5 heterocycles. The number of alkyl halides is 1. The zero-order valence-electron chi connectivity index (χ0n) is 25.8. The first-order valence-electron chi connectivity index (χ1n) is 15.5. The van der Waals surface area contributed by atoms with Crippen molar-refractivity contribution < 1.29 is 18.7 Å². The van der Waals surface area contributed by atoms with E-state index < -0.39 is 17.8 Å². The molecule has 2 atom stereocenters. The molecule has 1 amide bonds. The van der Waals surface area contributed by atoms with E-state index in [1.54, 1.807) is 9.58 Å². The molecule has 4 aromatic rings. The van der Waals surface area contributed by atoms with E-state index >= 15 is 4.39 Å². The third-order valence-corrected chi connectivity index (χ3v) is 8.91. The molecule has 3 aliphatic heterocycles. The summed E-state index contributed by atoms with van der Waals surface area (Å²) in [6, 6.07) is 17.4. The van der Waals surface area contributed by atoms with Crippen LogP contribution in [0.3, 0.4) is 0 Å². The number of halogens is 1. The van der Waals surface area contributed by atoms with Crippen LogP contribution in [0.1, 0.15) is 33.2 Å². The second kappa shape index (κ2) is 11.6. The Labute approximate surface area is 261 Å². The van der Waals surface area contributed by atoms with Crippen LogP contribution in [0.15, 0.2) is 60.9 Å². The Morgan fingerprint density at radius 2 is 1.60 bits per heavy atom. The van der Waals surface area contributed by atoms with E-state index in [2.05, 4.69) is 19.8 Å². The minimum atomic E-state index is -1.12. The predicted molar refractivity (Wildman–Crippen MR) is 169 cm³/mol. The highest BCUT2D eigenvalue weighted by Gasteiger charge is 2.45. The summed E-state index contributed by atoms with van der Waals surface area (Å²) in [5.74, 6) is 1.76. The largest absolute Gasteiger partial charge is 0.457 e. The van der Waals surface area contributed by atoms with E-state index in [0.717, 1.165) is 30.9 Å². The van der Waals surface area contributed by atoms with Gasteiger partial charge in [-0.05, 0) is 63.6 Å². The van der Waals surface area contributed by atoms with Crippen LogP contribution >= 0.6 is 0 Å². The van der Waals surface area contributed by atoms with E-state index in [4.69, 9.17) is 20.3 Å². The summed E-state index contributed by atoms with van der Waals surface area (Å²) in [6.07, 6.45) is 0.644. The first-order valence-corrected chi connectivity index (χ1v) is 15.5. The van der Waals surface area contributed by atoms with Crippen LogP contribution < -0.4 is 10.5 Å². The molecule has 236 valence electrons. The first kappa shape index (κ1) is 29.4. The number of para-hydroxylation sites is 1. The quantitative estimate of drug-likeness (QED) is 0.328. The number of benzene rings is 2. The zero-order chi connectivity index (χ0) is 31.3. The van der Waals surface area contributed by atoms with Gasteiger partial charge < -0.3 is 20.1 Å². The summed E-state index contributed by atoms with van der Waals surface area (Å²) >= 11 is 0. The molecule has 12 heteroatoms. The Kier molecular flexibility index (Phi) is 7.57. The van der Waals surface area contributed by atoms with Crippen molar-refractivity contribution in [3.63, 3.8) is 0 Å². The number of rotatable bonds is 6. The topological polar surface area (TPSA) is 115 Å². The van der Waals surface area contributed by atoms with Crippen molar-refractivity contribution in [2.75, 3.05) is 45.0 Å². The number of anilines is 1. The van der Waals surface area contributed by atoms with Gasteiger partial charge >= 0.3 is 6.09 Å². The Bertz CT molecular complexity index is 1660. The Morgan fingerprint density at radius 1 is 0.911 bits per heavy atom. The van der Waals surface area contributed by atoms with E-state index in [1.165, 1.54) is 6.33 Å². The number of carbonyl (C=O) groups excluding carboxylic acids is 1. The van der Waals surface area contributed by atoms with Crippen LogP contribution in [0.4, 0.5) is 15.0 Å². The van der Waals surface area contributed by atoms with Gasteiger partial charge in [-0.2, -0.15) is 5.10 Å². The smallest absolute Gasteiger partial charge is 0.410 e. The summed E-state index contributed by atoms with van der Waals surface area (Å²) in [5.41, 5.74) is 7.83. The number of nitrogens with zero attached hydrogens (tertiary/aromatic N) is 7. The molecule has 1 unspecified atom stereocenters. The second-order valence-corrected chi connectivity index (χ2v) is 13.2. The molecular formula is C33H39FN8O3. The molecule has 11 nitrogen and oxygen atoms in total. The molecule has 3 aliphatic rings. The summed E-state index contributed by atoms with van der Waals surface area (Å²) in [4.78, 5) is 27.4. The molecule has 2 N–H and O–H groups in total. The molecule has 3 saturated heterocycles. The molecular weight excluding hydrogens is 575 g/mol. The number of ether oxygens (including phenoxy) is 2. The highest BCUT2D eigenvalue weighted by Crippen LogP contribution is 2.37. The van der Waals surface area contributed by atoms with Gasteiger partial charge in [0.2, 0.25) is 0 Å². The number of carbonyl (C=O) groups is 1. The van der Waals surface area contributed by atoms with Crippen LogP contribution in [0, 0.1) is 0 Å². The second-order valence-electron chi connectivity index (χ2n) is 13.2. The fraction of sp³-hybridized carbons (Fsp3) is 0.455. The fourth-order valence-electron chi connectivity index (χ4n) is 6.44. The van der Waals surface area contributed by atoms with Gasteiger partial charge in [0.1, 0.15) is 41.1 Å². The number of amides is 1. The zero-order valence-corrected chi connectivity index (χ0v) is 25.8. The van der Waals surface area contributed by atoms with Crippen molar-refractivity contribution in [3.05, 3.63) is 60.9 Å². The van der Waals surface area contributed by atoms with Crippen LogP contribution in [0.25, 0.3) is 22.3 Å². The van der Waals surface area contributed by atoms with Gasteiger partial charge in [0.25, 0.3) is 0 Å². The number of aromatic nitrogens is 4. The molecule has 0 bridgehead atoms. The van der Waals surface area contributed by atoms with Crippen LogP contribution in [-0.2, 0) is 4.74 Å². The van der Waals surface area contributed by atoms with Crippen LogP contribution in [0.2, 0.25) is 0 Å². The maximum Gasteiger partial charge on any atom is 0.410 e. The lowest BCUT2D eigenvalue weighted by molar-refractivity contribution is -0.0697. The minimum Gasteiger partial charge on any atom is -0.457 e. The van der Waals surface area contributed by atoms with Gasteiger partial charge in [-0.1, -0.05) is 18.2 Å². The first-order chi connectivity index (χ1) is 21.6. The molecule has 45 heavy (non-hydrogen) atoms. The maximum absolute atomic E-state index is 15.9. The SMILES string of the molecule is CC(C)(C)OC(=O)N1CC(N2CC(N3CCC(n4nc(-c5ccc(Oc6ccccc6)cc5)c5c(N)ncnc54)[C@H](F)C3)C2)C1. The average Bonchev–Trinajstić information content (AvgIpc) is 3.34. The molecule has 3 fully saturated rings. The number of nitrogens with two attached hydrogens (primary N) is 1. The van der Waals surface area contributed by atoms with Crippen molar-refractivity contribution in [2.45, 2.75) is 57.1 Å². The summed E-state index contributed by atoms with van der Waals surface area (Å²) < 4.78 is 29.1. The Balaban J connectivity index is 0.996. The van der Waals surface area contributed by atoms with E-state index in [-0.39, 0.29) is 6.09 Å². The lowest BCUT2D eigenvalue weighted by Crippen LogP contribution is -2.71. The number of nitrogen functional groups attached to an aromatic ring is 1. The molecule has 0 spiro atoms. The highest BCUT2D eigenvalue weighted by atomic mass is 19.1. The monoisotopic (exact) mass is 614 g/mol. The van der Waals surface area contributed by atoms with Gasteiger partial charge in [0.05, 0.1) is 11.4 Å². The standard InChI is InChI=1S/C33H39FN8O3/c1-33(2,3)45-32(43)41-17-23(18-41)40-15-22(16-40)39-14-13-27(26(34)19-39)42-31-28(30(35)36-20-37-31)29(38-42)21-9-11-25(12-10-21)44-24-7-5-4-6-8-24/h4-12,20,22-23,26-27H,13-19H2,1-3H3,(H2,35,36,37)/t26-,27?/m1/s1. The summed E-state index contributed by atoms with van der Waals surface area (Å²) in [6.45, 7) is 9.85. The normalized spacial score (nSPS) is 21.8. The molecule has 0 aliphatic carbocycles. The molecule has 0 radical (unpaired) electrons. The van der Waals surface area contributed by atoms with E-state index in [1.807, 2.05) is 75.4 Å². The number of likely N-dealkylation sites (tertiary alicyclic amines) is 3. The number of piperidine rings is 1. The Morgan fingerprint density at radius 3 is 2.29 bits per heavy atom. The highest BCUT2D eigenvalue weighted by molar-refractivity contribution is 5.98. The fourth-order valence-corrected chi connectivity index (χ4v) is 6.44. The van der Waals surface area contributed by atoms with Crippen molar-refractivity contribution in [3.8, 4) is 22.8 Å². The van der Waals surface area contributed by atoms with Crippen molar-refractivity contribution >= 4 is 22.9 Å².